The Morgan fingerprint density at radius 1 is 1.24 bits per heavy atom. The maximum absolute atomic E-state index is 12.2. The molecule has 1 aliphatic carbocycles. The van der Waals surface area contributed by atoms with E-state index in [-0.39, 0.29) is 18.0 Å². The first-order chi connectivity index (χ1) is 10.0. The molecule has 1 aliphatic heterocycles. The van der Waals surface area contributed by atoms with Crippen molar-refractivity contribution in [3.05, 3.63) is 0 Å². The first-order valence-electron chi connectivity index (χ1n) is 8.03. The molecule has 1 unspecified atom stereocenters. The van der Waals surface area contributed by atoms with E-state index in [1.807, 2.05) is 4.90 Å². The summed E-state index contributed by atoms with van der Waals surface area (Å²) in [5.74, 6) is -1.04. The second-order valence-corrected chi connectivity index (χ2v) is 6.27. The number of nitrogens with zero attached hydrogens (tertiary/aromatic N) is 2. The normalized spacial score (nSPS) is 28.4. The number of carboxylic acid groups (broad SMARTS) is 1. The highest BCUT2D eigenvalue weighted by Gasteiger charge is 2.32. The highest BCUT2D eigenvalue weighted by molar-refractivity contribution is 5.75. The van der Waals surface area contributed by atoms with E-state index in [2.05, 4.69) is 24.1 Å². The van der Waals surface area contributed by atoms with E-state index in [4.69, 9.17) is 5.11 Å². The third-order valence-corrected chi connectivity index (χ3v) is 4.93. The lowest BCUT2D eigenvalue weighted by atomic mass is 10.1. The van der Waals surface area contributed by atoms with Crippen molar-refractivity contribution in [2.75, 3.05) is 26.2 Å². The summed E-state index contributed by atoms with van der Waals surface area (Å²) in [4.78, 5) is 27.4. The van der Waals surface area contributed by atoms with Gasteiger partial charge in [0.2, 0.25) is 0 Å². The number of nitrogens with one attached hydrogen (secondary N) is 1. The third kappa shape index (κ3) is 4.09. The van der Waals surface area contributed by atoms with E-state index in [0.717, 1.165) is 39.0 Å². The van der Waals surface area contributed by atoms with E-state index in [1.54, 1.807) is 0 Å². The quantitative estimate of drug-likeness (QED) is 0.822. The van der Waals surface area contributed by atoms with Crippen LogP contribution in [0.4, 0.5) is 4.79 Å². The molecule has 2 rings (SSSR count). The molecule has 2 amide bonds. The molecular formula is C15H27N3O3. The Morgan fingerprint density at radius 3 is 2.43 bits per heavy atom. The largest absolute Gasteiger partial charge is 0.481 e. The Kier molecular flexibility index (Phi) is 5.45. The molecule has 1 saturated heterocycles. The van der Waals surface area contributed by atoms with Gasteiger partial charge in [0.15, 0.2) is 0 Å². The second-order valence-electron chi connectivity index (χ2n) is 6.27. The van der Waals surface area contributed by atoms with Crippen molar-refractivity contribution < 1.29 is 14.7 Å². The summed E-state index contributed by atoms with van der Waals surface area (Å²) in [5, 5.41) is 12.0. The lowest BCUT2D eigenvalue weighted by Gasteiger charge is -2.38. The van der Waals surface area contributed by atoms with Crippen molar-refractivity contribution in [3.63, 3.8) is 0 Å². The number of hydrogen-bond acceptors (Lipinski definition) is 3. The Balaban J connectivity index is 1.74. The SMILES string of the molecule is CCC(C)N1CCN(C(=O)N[C@H]2CC[C@@H](C(=O)O)C2)CC1. The van der Waals surface area contributed by atoms with Gasteiger partial charge in [-0.2, -0.15) is 0 Å². The Hall–Kier alpha value is -1.30. The van der Waals surface area contributed by atoms with Gasteiger partial charge < -0.3 is 15.3 Å². The number of rotatable bonds is 4. The van der Waals surface area contributed by atoms with E-state index in [0.29, 0.717) is 18.9 Å². The Bertz CT molecular complexity index is 380. The summed E-state index contributed by atoms with van der Waals surface area (Å²) in [6, 6.07) is 0.558. The lowest BCUT2D eigenvalue weighted by Crippen LogP contribution is -2.54. The molecule has 21 heavy (non-hydrogen) atoms. The second kappa shape index (κ2) is 7.11. The van der Waals surface area contributed by atoms with Crippen LogP contribution < -0.4 is 5.32 Å². The summed E-state index contributed by atoms with van der Waals surface area (Å²) < 4.78 is 0. The van der Waals surface area contributed by atoms with Gasteiger partial charge >= 0.3 is 12.0 Å². The Labute approximate surface area is 126 Å². The predicted molar refractivity (Wildman–Crippen MR) is 80.2 cm³/mol. The minimum atomic E-state index is -0.742. The first kappa shape index (κ1) is 16.1. The van der Waals surface area contributed by atoms with Crippen LogP contribution in [0.25, 0.3) is 0 Å². The average Bonchev–Trinajstić information content (AvgIpc) is 2.95. The van der Waals surface area contributed by atoms with Gasteiger partial charge in [0.25, 0.3) is 0 Å². The van der Waals surface area contributed by atoms with Crippen molar-refractivity contribution in [3.8, 4) is 0 Å². The molecule has 2 aliphatic rings. The molecule has 0 aromatic carbocycles. The molecule has 2 fully saturated rings. The van der Waals surface area contributed by atoms with Gasteiger partial charge in [0.05, 0.1) is 5.92 Å². The summed E-state index contributed by atoms with van der Waals surface area (Å²) in [7, 11) is 0. The molecular weight excluding hydrogens is 270 g/mol. The van der Waals surface area contributed by atoms with Crippen LogP contribution >= 0.6 is 0 Å². The highest BCUT2D eigenvalue weighted by atomic mass is 16.4. The van der Waals surface area contributed by atoms with E-state index in [1.165, 1.54) is 0 Å². The van der Waals surface area contributed by atoms with Crippen molar-refractivity contribution in [1.82, 2.24) is 15.1 Å². The maximum atomic E-state index is 12.2. The molecule has 0 radical (unpaired) electrons. The van der Waals surface area contributed by atoms with E-state index >= 15 is 0 Å². The minimum absolute atomic E-state index is 0.0196. The van der Waals surface area contributed by atoms with E-state index < -0.39 is 5.97 Å². The van der Waals surface area contributed by atoms with Crippen LogP contribution in [0.3, 0.4) is 0 Å². The van der Waals surface area contributed by atoms with Crippen molar-refractivity contribution in [2.24, 2.45) is 5.92 Å². The van der Waals surface area contributed by atoms with Gasteiger partial charge in [-0.05, 0) is 32.6 Å². The summed E-state index contributed by atoms with van der Waals surface area (Å²) in [6.45, 7) is 7.76. The Morgan fingerprint density at radius 2 is 1.90 bits per heavy atom. The smallest absolute Gasteiger partial charge is 0.317 e. The summed E-state index contributed by atoms with van der Waals surface area (Å²) in [5.41, 5.74) is 0. The zero-order chi connectivity index (χ0) is 15.4. The van der Waals surface area contributed by atoms with E-state index in [9.17, 15) is 9.59 Å². The van der Waals surface area contributed by atoms with Crippen LogP contribution in [0.1, 0.15) is 39.5 Å². The molecule has 0 bridgehead atoms. The van der Waals surface area contributed by atoms with Crippen LogP contribution in [0.5, 0.6) is 0 Å². The topological polar surface area (TPSA) is 72.9 Å². The lowest BCUT2D eigenvalue weighted by molar-refractivity contribution is -0.141. The first-order valence-corrected chi connectivity index (χ1v) is 8.03. The highest BCUT2D eigenvalue weighted by Crippen LogP contribution is 2.25. The molecule has 0 aromatic rings. The molecule has 2 N–H and O–H groups in total. The zero-order valence-corrected chi connectivity index (χ0v) is 13.0. The number of carboxylic acids is 1. The monoisotopic (exact) mass is 297 g/mol. The number of urea groups is 1. The van der Waals surface area contributed by atoms with Gasteiger partial charge in [-0.3, -0.25) is 9.69 Å². The fourth-order valence-electron chi connectivity index (χ4n) is 3.23. The van der Waals surface area contributed by atoms with Gasteiger partial charge in [-0.15, -0.1) is 0 Å². The van der Waals surface area contributed by atoms with Crippen LogP contribution in [-0.2, 0) is 4.79 Å². The van der Waals surface area contributed by atoms with Crippen molar-refractivity contribution >= 4 is 12.0 Å². The van der Waals surface area contributed by atoms with Crippen molar-refractivity contribution in [2.45, 2.75) is 51.6 Å². The number of aliphatic carboxylic acids is 1. The van der Waals surface area contributed by atoms with Crippen LogP contribution in [-0.4, -0.2) is 65.2 Å². The number of piperazine rings is 1. The third-order valence-electron chi connectivity index (χ3n) is 4.93. The molecule has 6 heteroatoms. The van der Waals surface area contributed by atoms with Gasteiger partial charge in [-0.25, -0.2) is 4.79 Å². The summed E-state index contributed by atoms with van der Waals surface area (Å²) >= 11 is 0. The fourth-order valence-corrected chi connectivity index (χ4v) is 3.23. The standard InChI is InChI=1S/C15H27N3O3/c1-3-11(2)17-6-8-18(9-7-17)15(21)16-13-5-4-12(10-13)14(19)20/h11-13H,3-10H2,1-2H3,(H,16,21)(H,19,20)/t11?,12-,13+/m1/s1. The number of carbonyl (C=O) groups excluding carboxylic acids is 1. The molecule has 6 nitrogen and oxygen atoms in total. The average molecular weight is 297 g/mol. The zero-order valence-electron chi connectivity index (χ0n) is 13.0. The van der Waals surface area contributed by atoms with Gasteiger partial charge in [-0.1, -0.05) is 6.92 Å². The predicted octanol–water partition coefficient (Wildman–Crippen LogP) is 1.37. The van der Waals surface area contributed by atoms with Gasteiger partial charge in [0.1, 0.15) is 0 Å². The molecule has 120 valence electrons. The van der Waals surface area contributed by atoms with Gasteiger partial charge in [0, 0.05) is 38.3 Å². The maximum Gasteiger partial charge on any atom is 0.317 e. The number of hydrogen-bond donors (Lipinski definition) is 2. The number of carbonyl (C=O) groups is 2. The molecule has 3 atom stereocenters. The minimum Gasteiger partial charge on any atom is -0.481 e. The fraction of sp³-hybridized carbons (Fsp3) is 0.867. The number of amides is 2. The van der Waals surface area contributed by atoms with Crippen LogP contribution in [0, 0.1) is 5.92 Å². The molecule has 0 spiro atoms. The summed E-state index contributed by atoms with van der Waals surface area (Å²) in [6.07, 6.45) is 3.14. The van der Waals surface area contributed by atoms with Crippen LogP contribution in [0.2, 0.25) is 0 Å². The van der Waals surface area contributed by atoms with Crippen LogP contribution in [0.15, 0.2) is 0 Å². The van der Waals surface area contributed by atoms with Crippen molar-refractivity contribution in [1.29, 1.82) is 0 Å². The molecule has 0 aromatic heterocycles. The molecule has 1 saturated carbocycles. The molecule has 1 heterocycles.